The molecule has 170 valence electrons. The summed E-state index contributed by atoms with van der Waals surface area (Å²) < 4.78 is 22.4. The molecule has 1 atom stereocenters. The lowest BCUT2D eigenvalue weighted by molar-refractivity contribution is -0.991. The number of rotatable bonds is 8. The van der Waals surface area contributed by atoms with Gasteiger partial charge in [-0.05, 0) is 55.0 Å². The maximum atomic E-state index is 12.8. The first-order valence-electron chi connectivity index (χ1n) is 10.3. The maximum Gasteiger partial charge on any atom is 0.342 e. The van der Waals surface area contributed by atoms with Gasteiger partial charge in [0.25, 0.3) is 0 Å². The minimum Gasteiger partial charge on any atom is -0.595 e. The summed E-state index contributed by atoms with van der Waals surface area (Å²) >= 11 is 0. The molecule has 2 N–H and O–H groups in total. The van der Waals surface area contributed by atoms with Gasteiger partial charge in [0.05, 0.1) is 13.7 Å². The molecule has 33 heavy (non-hydrogen) atoms. The molecule has 1 aromatic heterocycles. The predicted octanol–water partition coefficient (Wildman–Crippen LogP) is 4.27. The van der Waals surface area contributed by atoms with E-state index in [2.05, 4.69) is 0 Å². The van der Waals surface area contributed by atoms with Gasteiger partial charge in [-0.3, -0.25) is 0 Å². The van der Waals surface area contributed by atoms with Gasteiger partial charge in [0, 0.05) is 23.1 Å². The van der Waals surface area contributed by atoms with Gasteiger partial charge in [-0.15, -0.1) is 0 Å². The van der Waals surface area contributed by atoms with Gasteiger partial charge in [-0.1, -0.05) is 12.1 Å². The lowest BCUT2D eigenvalue weighted by Gasteiger charge is -2.12. The Morgan fingerprint density at radius 1 is 1.06 bits per heavy atom. The van der Waals surface area contributed by atoms with Crippen molar-refractivity contribution >= 4 is 22.6 Å². The van der Waals surface area contributed by atoms with Gasteiger partial charge in [-0.2, -0.15) is 5.23 Å². The van der Waals surface area contributed by atoms with Crippen molar-refractivity contribution in [1.29, 1.82) is 0 Å². The molecule has 0 amide bonds. The Morgan fingerprint density at radius 2 is 1.82 bits per heavy atom. The molecule has 0 spiro atoms. The molecule has 4 rings (SSSR count). The minimum atomic E-state index is -0.998. The van der Waals surface area contributed by atoms with Crippen LogP contribution in [0, 0.1) is 5.21 Å². The number of benzene rings is 3. The summed E-state index contributed by atoms with van der Waals surface area (Å²) in [4.78, 5) is 12.8. The molecular formula is C25H23NO7. The number of esters is 1. The van der Waals surface area contributed by atoms with Crippen LogP contribution in [0.2, 0.25) is 0 Å². The molecule has 0 radical (unpaired) electrons. The fourth-order valence-corrected chi connectivity index (χ4v) is 3.48. The van der Waals surface area contributed by atoms with Crippen LogP contribution in [-0.2, 0) is 11.3 Å². The van der Waals surface area contributed by atoms with E-state index in [9.17, 15) is 10.0 Å². The summed E-state index contributed by atoms with van der Waals surface area (Å²) in [6, 6.07) is 18.9. The number of fused-ring (bicyclic) bond motifs is 1. The monoisotopic (exact) mass is 449 g/mol. The molecule has 0 bridgehead atoms. The van der Waals surface area contributed by atoms with Crippen LogP contribution in [0.5, 0.6) is 11.5 Å². The van der Waals surface area contributed by atoms with Crippen molar-refractivity contribution in [2.24, 2.45) is 0 Å². The highest BCUT2D eigenvalue weighted by Gasteiger charge is 2.24. The van der Waals surface area contributed by atoms with Crippen LogP contribution in [0.4, 0.5) is 5.69 Å². The van der Waals surface area contributed by atoms with Crippen LogP contribution in [0.15, 0.2) is 71.1 Å². The molecule has 0 aliphatic rings. The Hall–Kier alpha value is -3.85. The molecule has 8 nitrogen and oxygen atoms in total. The zero-order valence-corrected chi connectivity index (χ0v) is 18.2. The number of ether oxygens (including phenoxy) is 3. The number of furan rings is 1. The van der Waals surface area contributed by atoms with Crippen LogP contribution in [0.25, 0.3) is 22.3 Å². The number of carbonyl (C=O) groups excluding carboxylic acids is 1. The molecule has 4 aromatic rings. The molecule has 1 unspecified atom stereocenters. The number of hydrogen-bond acceptors (Lipinski definition) is 7. The van der Waals surface area contributed by atoms with Gasteiger partial charge in [0.15, 0.2) is 5.69 Å². The largest absolute Gasteiger partial charge is 0.595 e. The van der Waals surface area contributed by atoms with Crippen LogP contribution >= 0.6 is 0 Å². The predicted molar refractivity (Wildman–Crippen MR) is 121 cm³/mol. The van der Waals surface area contributed by atoms with Crippen LogP contribution in [0.3, 0.4) is 0 Å². The van der Waals surface area contributed by atoms with Crippen molar-refractivity contribution in [2.75, 3.05) is 13.7 Å². The van der Waals surface area contributed by atoms with E-state index < -0.39 is 11.2 Å². The van der Waals surface area contributed by atoms with Gasteiger partial charge in [0.2, 0.25) is 0 Å². The van der Waals surface area contributed by atoms with Crippen LogP contribution in [-0.4, -0.2) is 24.9 Å². The summed E-state index contributed by atoms with van der Waals surface area (Å²) in [6.07, 6.45) is 0. The van der Waals surface area contributed by atoms with E-state index in [0.717, 1.165) is 0 Å². The smallest absolute Gasteiger partial charge is 0.342 e. The second-order valence-electron chi connectivity index (χ2n) is 7.21. The SMILES string of the molecule is CCOC(=O)c1c(-c2ccc(OC)cc2)oc2ccc(OCc3cccc([NH+]([O-])O)c3)cc12. The van der Waals surface area contributed by atoms with E-state index in [-0.39, 0.29) is 18.9 Å². The van der Waals surface area contributed by atoms with E-state index in [0.29, 0.717) is 44.9 Å². The molecule has 0 saturated carbocycles. The van der Waals surface area contributed by atoms with Crippen LogP contribution in [0.1, 0.15) is 22.8 Å². The molecule has 3 aromatic carbocycles. The molecule has 8 heteroatoms. The Morgan fingerprint density at radius 3 is 2.52 bits per heavy atom. The number of methoxy groups -OCH3 is 1. The topological polar surface area (TPSA) is 106 Å². The van der Waals surface area contributed by atoms with Crippen molar-refractivity contribution in [2.45, 2.75) is 13.5 Å². The summed E-state index contributed by atoms with van der Waals surface area (Å²) in [5.74, 6) is 1.11. The fraction of sp³-hybridized carbons (Fsp3) is 0.160. The highest BCUT2D eigenvalue weighted by Crippen LogP contribution is 2.36. The fourth-order valence-electron chi connectivity index (χ4n) is 3.48. The van der Waals surface area contributed by atoms with Gasteiger partial charge < -0.3 is 23.8 Å². The first-order valence-corrected chi connectivity index (χ1v) is 10.3. The summed E-state index contributed by atoms with van der Waals surface area (Å²) in [5, 5.41) is 19.9. The Kier molecular flexibility index (Phi) is 6.60. The van der Waals surface area contributed by atoms with Gasteiger partial charge in [-0.25, -0.2) is 10.0 Å². The molecule has 1 heterocycles. The first-order chi connectivity index (χ1) is 16.0. The zero-order valence-electron chi connectivity index (χ0n) is 18.2. The van der Waals surface area contributed by atoms with Crippen molar-refractivity contribution in [3.8, 4) is 22.8 Å². The van der Waals surface area contributed by atoms with Crippen molar-refractivity contribution in [1.82, 2.24) is 0 Å². The minimum absolute atomic E-state index is 0.171. The van der Waals surface area contributed by atoms with E-state index in [1.807, 2.05) is 12.1 Å². The first kappa shape index (κ1) is 22.3. The third kappa shape index (κ3) is 4.83. The van der Waals surface area contributed by atoms with E-state index in [1.54, 1.807) is 62.6 Å². The van der Waals surface area contributed by atoms with E-state index in [4.69, 9.17) is 23.8 Å². The van der Waals surface area contributed by atoms with Crippen molar-refractivity contribution < 1.29 is 33.9 Å². The third-order valence-electron chi connectivity index (χ3n) is 5.07. The van der Waals surface area contributed by atoms with Crippen molar-refractivity contribution in [3.63, 3.8) is 0 Å². The average Bonchev–Trinajstić information content (AvgIpc) is 3.22. The molecular weight excluding hydrogens is 426 g/mol. The number of hydrogen-bond donors (Lipinski definition) is 2. The lowest BCUT2D eigenvalue weighted by atomic mass is 10.1. The summed E-state index contributed by atoms with van der Waals surface area (Å²) in [6.45, 7) is 2.14. The van der Waals surface area contributed by atoms with Gasteiger partial charge >= 0.3 is 5.97 Å². The number of nitrogens with one attached hydrogen (secondary N) is 1. The lowest BCUT2D eigenvalue weighted by Crippen LogP contribution is -2.99. The number of quaternary nitrogens is 1. The van der Waals surface area contributed by atoms with Gasteiger partial charge in [0.1, 0.15) is 35.0 Å². The number of carbonyl (C=O) groups is 1. The summed E-state index contributed by atoms with van der Waals surface area (Å²) in [5.41, 5.74) is 2.45. The van der Waals surface area contributed by atoms with E-state index >= 15 is 0 Å². The average molecular weight is 449 g/mol. The van der Waals surface area contributed by atoms with Crippen LogP contribution < -0.4 is 14.7 Å². The normalized spacial score (nSPS) is 11.9. The highest BCUT2D eigenvalue weighted by atomic mass is 16.8. The quantitative estimate of drug-likeness (QED) is 0.306. The standard InChI is InChI=1S/C25H23NO7/c1-3-31-25(27)23-21-14-20(32-15-16-5-4-6-18(13-16)26(28)29)11-12-22(21)33-24(23)17-7-9-19(30-2)10-8-17/h4-14,26,28H,3,15H2,1-2H3. The molecule has 0 fully saturated rings. The second kappa shape index (κ2) is 9.74. The Balaban J connectivity index is 1.69. The molecule has 0 aliphatic carbocycles. The molecule has 0 aliphatic heterocycles. The van der Waals surface area contributed by atoms with E-state index in [1.165, 1.54) is 6.07 Å². The van der Waals surface area contributed by atoms with Crippen molar-refractivity contribution in [3.05, 3.63) is 83.1 Å². The third-order valence-corrected chi connectivity index (χ3v) is 5.07. The summed E-state index contributed by atoms with van der Waals surface area (Å²) in [7, 11) is 1.58. The highest BCUT2D eigenvalue weighted by molar-refractivity contribution is 6.09. The Bertz CT molecular complexity index is 1260. The molecule has 0 saturated heterocycles. The Labute approximate surface area is 190 Å². The second-order valence-corrected chi connectivity index (χ2v) is 7.21. The maximum absolute atomic E-state index is 12.8. The zero-order chi connectivity index (χ0) is 23.4.